The first-order valence-electron chi connectivity index (χ1n) is 16.8. The standard InChI is InChI=1S/C34H66O4/c1-5-31(3)25-19-15-11-7-9-13-17-23-29-37-33(35)27-21-22-28-34(36)38-30-24-18-14-10-8-12-16-20-26-32(4)6-2/h31-32H,5-30H2,1-4H3. The predicted octanol–water partition coefficient (Wildman–Crippen LogP) is 10.7. The average molecular weight is 539 g/mol. The maximum atomic E-state index is 11.9. The van der Waals surface area contributed by atoms with E-state index in [1.54, 1.807) is 0 Å². The maximum Gasteiger partial charge on any atom is 0.305 e. The highest BCUT2D eigenvalue weighted by molar-refractivity contribution is 5.70. The number of hydrogen-bond donors (Lipinski definition) is 0. The Hall–Kier alpha value is -1.06. The Morgan fingerprint density at radius 3 is 1.05 bits per heavy atom. The second-order valence-corrected chi connectivity index (χ2v) is 11.9. The van der Waals surface area contributed by atoms with E-state index < -0.39 is 0 Å². The van der Waals surface area contributed by atoms with Gasteiger partial charge in [-0.3, -0.25) is 9.59 Å². The number of esters is 2. The molecule has 0 bridgehead atoms. The summed E-state index contributed by atoms with van der Waals surface area (Å²) in [5, 5.41) is 0. The molecule has 0 aliphatic heterocycles. The summed E-state index contributed by atoms with van der Waals surface area (Å²) in [6, 6.07) is 0. The number of carbonyl (C=O) groups is 2. The molecule has 0 aromatic carbocycles. The van der Waals surface area contributed by atoms with Gasteiger partial charge in [0, 0.05) is 12.8 Å². The van der Waals surface area contributed by atoms with E-state index in [0.29, 0.717) is 38.9 Å². The minimum absolute atomic E-state index is 0.129. The first-order chi connectivity index (χ1) is 18.5. The van der Waals surface area contributed by atoms with E-state index in [1.165, 1.54) is 103 Å². The van der Waals surface area contributed by atoms with Gasteiger partial charge in [0.15, 0.2) is 0 Å². The molecule has 0 aliphatic carbocycles. The average Bonchev–Trinajstić information content (AvgIpc) is 2.92. The SMILES string of the molecule is CCC(C)CCCCCCCCCCOC(=O)CCCCC(=O)OCCCCCCCCCCC(C)CC. The van der Waals surface area contributed by atoms with Gasteiger partial charge in [-0.05, 0) is 37.5 Å². The fourth-order valence-corrected chi connectivity index (χ4v) is 4.77. The van der Waals surface area contributed by atoms with Crippen LogP contribution in [0.1, 0.15) is 182 Å². The second-order valence-electron chi connectivity index (χ2n) is 11.9. The third-order valence-corrected chi connectivity index (χ3v) is 8.11. The fraction of sp³-hybridized carbons (Fsp3) is 0.941. The Kier molecular flexibility index (Phi) is 28.1. The summed E-state index contributed by atoms with van der Waals surface area (Å²) in [7, 11) is 0. The minimum Gasteiger partial charge on any atom is -0.466 e. The lowest BCUT2D eigenvalue weighted by atomic mass is 10.00. The lowest BCUT2D eigenvalue weighted by Gasteiger charge is -2.08. The van der Waals surface area contributed by atoms with E-state index in [1.807, 2.05) is 0 Å². The lowest BCUT2D eigenvalue weighted by Crippen LogP contribution is -2.08. The molecule has 0 heterocycles. The van der Waals surface area contributed by atoms with Crippen molar-refractivity contribution in [1.29, 1.82) is 0 Å². The molecular formula is C34H66O4. The fourth-order valence-electron chi connectivity index (χ4n) is 4.77. The summed E-state index contributed by atoms with van der Waals surface area (Å²) in [6.07, 6.45) is 27.8. The van der Waals surface area contributed by atoms with Crippen LogP contribution < -0.4 is 0 Å². The van der Waals surface area contributed by atoms with E-state index in [0.717, 1.165) is 37.5 Å². The van der Waals surface area contributed by atoms with Crippen LogP contribution in [0, 0.1) is 11.8 Å². The van der Waals surface area contributed by atoms with Gasteiger partial charge in [0.1, 0.15) is 0 Å². The molecule has 0 N–H and O–H groups in total. The van der Waals surface area contributed by atoms with Crippen molar-refractivity contribution in [2.75, 3.05) is 13.2 Å². The molecule has 4 heteroatoms. The van der Waals surface area contributed by atoms with Crippen molar-refractivity contribution in [2.45, 2.75) is 182 Å². The predicted molar refractivity (Wildman–Crippen MR) is 162 cm³/mol. The summed E-state index contributed by atoms with van der Waals surface area (Å²) in [4.78, 5) is 23.7. The highest BCUT2D eigenvalue weighted by Crippen LogP contribution is 2.16. The van der Waals surface area contributed by atoms with Crippen LogP contribution in [-0.2, 0) is 19.1 Å². The van der Waals surface area contributed by atoms with Crippen molar-refractivity contribution in [3.63, 3.8) is 0 Å². The summed E-state index contributed by atoms with van der Waals surface area (Å²) in [5.41, 5.74) is 0. The smallest absolute Gasteiger partial charge is 0.305 e. The number of carbonyl (C=O) groups excluding carboxylic acids is 2. The van der Waals surface area contributed by atoms with Crippen molar-refractivity contribution < 1.29 is 19.1 Å². The highest BCUT2D eigenvalue weighted by atomic mass is 16.5. The molecule has 0 aromatic rings. The van der Waals surface area contributed by atoms with Crippen LogP contribution >= 0.6 is 0 Å². The zero-order valence-corrected chi connectivity index (χ0v) is 26.2. The van der Waals surface area contributed by atoms with E-state index in [4.69, 9.17) is 9.47 Å². The van der Waals surface area contributed by atoms with Gasteiger partial charge in [0.25, 0.3) is 0 Å². The molecular weight excluding hydrogens is 472 g/mol. The molecule has 0 aromatic heterocycles. The molecule has 2 atom stereocenters. The molecule has 0 rings (SSSR count). The van der Waals surface area contributed by atoms with Crippen molar-refractivity contribution >= 4 is 11.9 Å². The van der Waals surface area contributed by atoms with Gasteiger partial charge in [-0.1, -0.05) is 143 Å². The zero-order valence-electron chi connectivity index (χ0n) is 26.2. The monoisotopic (exact) mass is 538 g/mol. The van der Waals surface area contributed by atoms with Gasteiger partial charge >= 0.3 is 11.9 Å². The summed E-state index contributed by atoms with van der Waals surface area (Å²) >= 11 is 0. The molecule has 38 heavy (non-hydrogen) atoms. The molecule has 0 aliphatic rings. The molecule has 0 radical (unpaired) electrons. The quantitative estimate of drug-likeness (QED) is 0.0702. The minimum atomic E-state index is -0.129. The molecule has 0 fully saturated rings. The Morgan fingerprint density at radius 1 is 0.447 bits per heavy atom. The number of ether oxygens (including phenoxy) is 2. The Morgan fingerprint density at radius 2 is 0.737 bits per heavy atom. The third-order valence-electron chi connectivity index (χ3n) is 8.11. The molecule has 0 spiro atoms. The first-order valence-corrected chi connectivity index (χ1v) is 16.8. The van der Waals surface area contributed by atoms with E-state index in [2.05, 4.69) is 27.7 Å². The van der Waals surface area contributed by atoms with Crippen LogP contribution in [0.2, 0.25) is 0 Å². The van der Waals surface area contributed by atoms with Crippen LogP contribution in [0.3, 0.4) is 0 Å². The maximum absolute atomic E-state index is 11.9. The van der Waals surface area contributed by atoms with Crippen molar-refractivity contribution in [3.05, 3.63) is 0 Å². The Bertz CT molecular complexity index is 473. The van der Waals surface area contributed by atoms with Crippen LogP contribution in [-0.4, -0.2) is 25.2 Å². The van der Waals surface area contributed by atoms with Gasteiger partial charge in [0.2, 0.25) is 0 Å². The van der Waals surface area contributed by atoms with Crippen LogP contribution in [0.25, 0.3) is 0 Å². The first kappa shape index (κ1) is 36.9. The number of rotatable bonds is 29. The molecule has 2 unspecified atom stereocenters. The van der Waals surface area contributed by atoms with E-state index in [9.17, 15) is 9.59 Å². The number of unbranched alkanes of at least 4 members (excludes halogenated alkanes) is 15. The molecule has 226 valence electrons. The van der Waals surface area contributed by atoms with Crippen molar-refractivity contribution in [3.8, 4) is 0 Å². The van der Waals surface area contributed by atoms with Crippen LogP contribution in [0.4, 0.5) is 0 Å². The van der Waals surface area contributed by atoms with E-state index >= 15 is 0 Å². The topological polar surface area (TPSA) is 52.6 Å². The van der Waals surface area contributed by atoms with Crippen molar-refractivity contribution in [2.24, 2.45) is 11.8 Å². The lowest BCUT2D eigenvalue weighted by molar-refractivity contribution is -0.146. The van der Waals surface area contributed by atoms with E-state index in [-0.39, 0.29) is 11.9 Å². The molecule has 0 amide bonds. The van der Waals surface area contributed by atoms with Crippen LogP contribution in [0.15, 0.2) is 0 Å². The highest BCUT2D eigenvalue weighted by Gasteiger charge is 2.06. The largest absolute Gasteiger partial charge is 0.466 e. The van der Waals surface area contributed by atoms with Gasteiger partial charge in [-0.2, -0.15) is 0 Å². The zero-order chi connectivity index (χ0) is 28.1. The van der Waals surface area contributed by atoms with Gasteiger partial charge in [-0.25, -0.2) is 0 Å². The molecule has 0 saturated carbocycles. The molecule has 4 nitrogen and oxygen atoms in total. The Labute approximate surface area is 237 Å². The summed E-state index contributed by atoms with van der Waals surface area (Å²) in [6.45, 7) is 10.3. The third kappa shape index (κ3) is 28.0. The van der Waals surface area contributed by atoms with Crippen LogP contribution in [0.5, 0.6) is 0 Å². The van der Waals surface area contributed by atoms with Crippen molar-refractivity contribution in [1.82, 2.24) is 0 Å². The summed E-state index contributed by atoms with van der Waals surface area (Å²) in [5.74, 6) is 1.51. The summed E-state index contributed by atoms with van der Waals surface area (Å²) < 4.78 is 10.7. The van der Waals surface area contributed by atoms with Gasteiger partial charge in [-0.15, -0.1) is 0 Å². The normalized spacial score (nSPS) is 12.8. The van der Waals surface area contributed by atoms with Gasteiger partial charge < -0.3 is 9.47 Å². The Balaban J connectivity index is 3.31. The molecule has 0 saturated heterocycles. The second kappa shape index (κ2) is 28.9. The van der Waals surface area contributed by atoms with Gasteiger partial charge in [0.05, 0.1) is 13.2 Å². The number of hydrogen-bond acceptors (Lipinski definition) is 4.